The molecular weight excluding hydrogens is 827 g/mol. The molecule has 1 fully saturated rings. The zero-order valence-electron chi connectivity index (χ0n) is 43.2. The minimum atomic E-state index is -1.55. The van der Waals surface area contributed by atoms with E-state index in [0.29, 0.717) is 12.8 Å². The molecule has 1 heterocycles. The largest absolute Gasteiger partial charge is 0.394 e. The van der Waals surface area contributed by atoms with Gasteiger partial charge in [-0.1, -0.05) is 250 Å². The molecule has 1 aliphatic heterocycles. The molecule has 0 aromatic heterocycles. The van der Waals surface area contributed by atoms with Gasteiger partial charge in [-0.05, 0) is 44.9 Å². The highest BCUT2D eigenvalue weighted by Gasteiger charge is 2.44. The van der Waals surface area contributed by atoms with Gasteiger partial charge in [0.15, 0.2) is 6.29 Å². The lowest BCUT2D eigenvalue weighted by molar-refractivity contribution is -0.302. The summed E-state index contributed by atoms with van der Waals surface area (Å²) in [7, 11) is 0. The van der Waals surface area contributed by atoms with Crippen LogP contribution in [0.5, 0.6) is 0 Å². The Morgan fingerprint density at radius 2 is 0.894 bits per heavy atom. The van der Waals surface area contributed by atoms with Crippen LogP contribution in [0.1, 0.15) is 277 Å². The van der Waals surface area contributed by atoms with Gasteiger partial charge in [0.25, 0.3) is 0 Å². The van der Waals surface area contributed by atoms with Crippen LogP contribution in [0, 0.1) is 0 Å². The van der Waals surface area contributed by atoms with Crippen LogP contribution in [-0.4, -0.2) is 87.5 Å². The highest BCUT2D eigenvalue weighted by molar-refractivity contribution is 5.76. The van der Waals surface area contributed by atoms with Crippen molar-refractivity contribution in [2.24, 2.45) is 0 Å². The fourth-order valence-electron chi connectivity index (χ4n) is 9.25. The van der Waals surface area contributed by atoms with Gasteiger partial charge in [-0.15, -0.1) is 0 Å². The number of nitrogens with one attached hydrogen (secondary N) is 1. The Hall–Kier alpha value is -1.33. The number of aliphatic hydroxyl groups is 5. The number of unbranched alkanes of at least 4 members (excludes halogenated alkanes) is 35. The van der Waals surface area contributed by atoms with Gasteiger partial charge in [-0.25, -0.2) is 0 Å². The van der Waals surface area contributed by atoms with Gasteiger partial charge >= 0.3 is 0 Å². The van der Waals surface area contributed by atoms with E-state index >= 15 is 0 Å². The summed E-state index contributed by atoms with van der Waals surface area (Å²) in [5, 5.41) is 54.6. The molecule has 1 rings (SSSR count). The van der Waals surface area contributed by atoms with Crippen molar-refractivity contribution in [1.29, 1.82) is 0 Å². The zero-order valence-corrected chi connectivity index (χ0v) is 43.2. The van der Waals surface area contributed by atoms with Crippen molar-refractivity contribution in [2.75, 3.05) is 13.2 Å². The molecule has 1 saturated heterocycles. The monoisotopic (exact) mass is 936 g/mol. The first-order chi connectivity index (χ1) is 32.3. The average molecular weight is 936 g/mol. The standard InChI is InChI=1S/C57H109NO8/c1-3-5-7-9-11-13-15-17-19-20-21-22-23-24-25-26-27-28-29-30-31-32-33-35-37-39-41-43-45-47-53(61)58-50(49-65-57-56(64)55(63)54(62)52(48-59)66-57)51(60)46-44-42-40-38-36-34-18-16-14-12-10-8-6-4-2/h15,17,20-21,50-52,54-57,59-60,62-64H,3-14,16,18-19,22-49H2,1-2H3,(H,58,61)/b17-15-,21-20-. The molecule has 0 radical (unpaired) electrons. The highest BCUT2D eigenvalue weighted by Crippen LogP contribution is 2.23. The first kappa shape index (κ1) is 62.7. The van der Waals surface area contributed by atoms with Crippen molar-refractivity contribution in [1.82, 2.24) is 5.32 Å². The fourth-order valence-corrected chi connectivity index (χ4v) is 9.25. The van der Waals surface area contributed by atoms with Gasteiger partial charge in [0.05, 0.1) is 25.4 Å². The van der Waals surface area contributed by atoms with E-state index in [2.05, 4.69) is 43.5 Å². The summed E-state index contributed by atoms with van der Waals surface area (Å²) in [6.45, 7) is 3.85. The van der Waals surface area contributed by atoms with E-state index in [9.17, 15) is 30.3 Å². The van der Waals surface area contributed by atoms with Gasteiger partial charge < -0.3 is 40.3 Å². The third-order valence-corrected chi connectivity index (χ3v) is 13.8. The molecule has 0 saturated carbocycles. The van der Waals surface area contributed by atoms with E-state index in [1.807, 2.05) is 0 Å². The lowest BCUT2D eigenvalue weighted by atomic mass is 9.99. The maximum Gasteiger partial charge on any atom is 0.220 e. The second-order valence-corrected chi connectivity index (χ2v) is 20.1. The maximum atomic E-state index is 13.1. The SMILES string of the molecule is CCCCCCC/C=C\C/C=C\CCCCCCCCCCCCCCCCCCCC(=O)NC(COC1OC(CO)C(O)C(O)C1O)C(O)CCCCCCCCCCCCCCCC. The van der Waals surface area contributed by atoms with Crippen molar-refractivity contribution in [3.63, 3.8) is 0 Å². The minimum absolute atomic E-state index is 0.134. The minimum Gasteiger partial charge on any atom is -0.394 e. The molecule has 6 N–H and O–H groups in total. The quantitative estimate of drug-likeness (QED) is 0.0261. The summed E-state index contributed by atoms with van der Waals surface area (Å²) in [5.74, 6) is -0.140. The van der Waals surface area contributed by atoms with Crippen LogP contribution in [0.2, 0.25) is 0 Å². The number of amides is 1. The molecule has 66 heavy (non-hydrogen) atoms. The molecule has 0 aromatic rings. The lowest BCUT2D eigenvalue weighted by Gasteiger charge is -2.40. The zero-order chi connectivity index (χ0) is 48.0. The Labute approximate surface area is 407 Å². The molecule has 7 unspecified atom stereocenters. The molecule has 1 amide bonds. The van der Waals surface area contributed by atoms with Gasteiger partial charge in [-0.3, -0.25) is 4.79 Å². The second kappa shape index (κ2) is 47.4. The Morgan fingerprint density at radius 1 is 0.515 bits per heavy atom. The molecule has 7 atom stereocenters. The van der Waals surface area contributed by atoms with Crippen LogP contribution >= 0.6 is 0 Å². The summed E-state index contributed by atoms with van der Waals surface area (Å²) in [4.78, 5) is 13.1. The van der Waals surface area contributed by atoms with E-state index in [1.165, 1.54) is 205 Å². The van der Waals surface area contributed by atoms with Crippen LogP contribution in [0.25, 0.3) is 0 Å². The highest BCUT2D eigenvalue weighted by atomic mass is 16.7. The molecule has 9 heteroatoms. The van der Waals surface area contributed by atoms with E-state index in [0.717, 1.165) is 44.9 Å². The van der Waals surface area contributed by atoms with Crippen LogP contribution in [0.4, 0.5) is 0 Å². The first-order valence-corrected chi connectivity index (χ1v) is 28.5. The fraction of sp³-hybridized carbons (Fsp3) is 0.912. The number of allylic oxidation sites excluding steroid dienone is 4. The smallest absolute Gasteiger partial charge is 0.220 e. The molecule has 390 valence electrons. The number of rotatable bonds is 49. The van der Waals surface area contributed by atoms with E-state index in [1.54, 1.807) is 0 Å². The lowest BCUT2D eigenvalue weighted by Crippen LogP contribution is -2.60. The number of carbonyl (C=O) groups excluding carboxylic acids is 1. The van der Waals surface area contributed by atoms with Crippen molar-refractivity contribution >= 4 is 5.91 Å². The Kier molecular flexibility index (Phi) is 45.0. The van der Waals surface area contributed by atoms with E-state index in [-0.39, 0.29) is 12.5 Å². The Bertz CT molecular complexity index is 1090. The average Bonchev–Trinajstić information content (AvgIpc) is 3.32. The van der Waals surface area contributed by atoms with Gasteiger partial charge in [0, 0.05) is 6.42 Å². The first-order valence-electron chi connectivity index (χ1n) is 28.5. The third-order valence-electron chi connectivity index (χ3n) is 13.8. The molecule has 0 spiro atoms. The molecule has 9 nitrogen and oxygen atoms in total. The molecule has 1 aliphatic rings. The molecule has 0 aromatic carbocycles. The van der Waals surface area contributed by atoms with Crippen LogP contribution in [0.15, 0.2) is 24.3 Å². The number of ether oxygens (including phenoxy) is 2. The third kappa shape index (κ3) is 36.6. The normalized spacial score (nSPS) is 19.9. The van der Waals surface area contributed by atoms with Crippen LogP contribution < -0.4 is 5.32 Å². The number of hydrogen-bond acceptors (Lipinski definition) is 8. The summed E-state index contributed by atoms with van der Waals surface area (Å²) in [5.41, 5.74) is 0. The summed E-state index contributed by atoms with van der Waals surface area (Å²) in [6, 6.07) is -0.716. The number of aliphatic hydroxyl groups excluding tert-OH is 5. The number of carbonyl (C=O) groups is 1. The predicted molar refractivity (Wildman–Crippen MR) is 277 cm³/mol. The van der Waals surface area contributed by atoms with Crippen LogP contribution in [-0.2, 0) is 14.3 Å². The molecule has 0 aliphatic carbocycles. The van der Waals surface area contributed by atoms with Crippen LogP contribution in [0.3, 0.4) is 0 Å². The second-order valence-electron chi connectivity index (χ2n) is 20.1. The van der Waals surface area contributed by atoms with Gasteiger partial charge in [0.2, 0.25) is 5.91 Å². The summed E-state index contributed by atoms with van der Waals surface area (Å²) in [6.07, 6.45) is 52.1. The summed E-state index contributed by atoms with van der Waals surface area (Å²) >= 11 is 0. The van der Waals surface area contributed by atoms with E-state index < -0.39 is 49.5 Å². The topological polar surface area (TPSA) is 149 Å². The van der Waals surface area contributed by atoms with Crippen molar-refractivity contribution < 1.29 is 39.8 Å². The maximum absolute atomic E-state index is 13.1. The van der Waals surface area contributed by atoms with Crippen molar-refractivity contribution in [3.05, 3.63) is 24.3 Å². The van der Waals surface area contributed by atoms with Gasteiger partial charge in [-0.2, -0.15) is 0 Å². The van der Waals surface area contributed by atoms with Crippen molar-refractivity contribution in [3.8, 4) is 0 Å². The molecular formula is C57H109NO8. The number of hydrogen-bond donors (Lipinski definition) is 6. The van der Waals surface area contributed by atoms with Gasteiger partial charge in [0.1, 0.15) is 24.4 Å². The van der Waals surface area contributed by atoms with Crippen molar-refractivity contribution in [2.45, 2.75) is 320 Å². The Morgan fingerprint density at radius 3 is 1.30 bits per heavy atom. The van der Waals surface area contributed by atoms with E-state index in [4.69, 9.17) is 9.47 Å². The molecule has 0 bridgehead atoms. The Balaban J connectivity index is 2.14. The predicted octanol–water partition coefficient (Wildman–Crippen LogP) is 13.8. The summed E-state index contributed by atoms with van der Waals surface area (Å²) < 4.78 is 11.3.